The van der Waals surface area contributed by atoms with Crippen LogP contribution in [0.2, 0.25) is 0 Å². The van der Waals surface area contributed by atoms with Gasteiger partial charge in [-0.3, -0.25) is 0 Å². The molecule has 0 bridgehead atoms. The van der Waals surface area contributed by atoms with E-state index in [0.717, 1.165) is 18.3 Å². The summed E-state index contributed by atoms with van der Waals surface area (Å²) in [7, 11) is -2.05. The van der Waals surface area contributed by atoms with Crippen LogP contribution in [0.5, 0.6) is 0 Å². The van der Waals surface area contributed by atoms with Gasteiger partial charge >= 0.3 is 7.12 Å². The van der Waals surface area contributed by atoms with Crippen molar-refractivity contribution in [1.29, 1.82) is 0 Å². The van der Waals surface area contributed by atoms with Crippen molar-refractivity contribution in [3.05, 3.63) is 29.3 Å². The standard InChI is InChI=1S/C7H7BF2N2O2/c9-6-4(3-12-11)1-2-5(7(6)10)8(13)14/h1-3,13-14H,11H2. The van der Waals surface area contributed by atoms with Crippen molar-refractivity contribution >= 4 is 18.8 Å². The highest BCUT2D eigenvalue weighted by Crippen LogP contribution is 2.07. The van der Waals surface area contributed by atoms with E-state index in [-0.39, 0.29) is 5.56 Å². The summed E-state index contributed by atoms with van der Waals surface area (Å²) in [5.41, 5.74) is -0.689. The van der Waals surface area contributed by atoms with Crippen molar-refractivity contribution in [2.75, 3.05) is 0 Å². The van der Waals surface area contributed by atoms with E-state index >= 15 is 0 Å². The minimum absolute atomic E-state index is 0.158. The van der Waals surface area contributed by atoms with Crippen molar-refractivity contribution < 1.29 is 18.8 Å². The van der Waals surface area contributed by atoms with Gasteiger partial charge in [-0.25, -0.2) is 8.78 Å². The van der Waals surface area contributed by atoms with E-state index in [1.165, 1.54) is 0 Å². The molecule has 74 valence electrons. The molecule has 1 aromatic carbocycles. The Morgan fingerprint density at radius 2 is 1.93 bits per heavy atom. The fraction of sp³-hybridized carbons (Fsp3) is 0. The minimum atomic E-state index is -2.05. The van der Waals surface area contributed by atoms with Gasteiger partial charge in [0.15, 0.2) is 11.6 Å². The molecule has 0 saturated heterocycles. The third kappa shape index (κ3) is 1.89. The van der Waals surface area contributed by atoms with Crippen molar-refractivity contribution in [2.24, 2.45) is 10.9 Å². The van der Waals surface area contributed by atoms with Crippen LogP contribution in [0.4, 0.5) is 8.78 Å². The first-order valence-electron chi connectivity index (χ1n) is 3.65. The fourth-order valence-electron chi connectivity index (χ4n) is 0.959. The molecule has 4 nitrogen and oxygen atoms in total. The van der Waals surface area contributed by atoms with E-state index in [1.807, 2.05) is 0 Å². The molecule has 0 amide bonds. The Morgan fingerprint density at radius 3 is 2.43 bits per heavy atom. The largest absolute Gasteiger partial charge is 0.491 e. The number of hydrogen-bond donors (Lipinski definition) is 3. The monoisotopic (exact) mass is 200 g/mol. The van der Waals surface area contributed by atoms with Crippen molar-refractivity contribution in [2.45, 2.75) is 0 Å². The summed E-state index contributed by atoms with van der Waals surface area (Å²) in [5, 5.41) is 20.3. The predicted octanol–water partition coefficient (Wildman–Crippen LogP) is -1.06. The van der Waals surface area contributed by atoms with Crippen LogP contribution in [-0.2, 0) is 0 Å². The van der Waals surface area contributed by atoms with Gasteiger partial charge in [-0.05, 0) is 0 Å². The molecule has 0 aliphatic heterocycles. The number of hydrogen-bond acceptors (Lipinski definition) is 4. The van der Waals surface area contributed by atoms with E-state index in [0.29, 0.717) is 0 Å². The molecule has 0 aliphatic carbocycles. The normalized spacial score (nSPS) is 10.9. The van der Waals surface area contributed by atoms with Gasteiger partial charge in [-0.15, -0.1) is 0 Å². The summed E-state index contributed by atoms with van der Waals surface area (Å²) < 4.78 is 26.1. The van der Waals surface area contributed by atoms with Gasteiger partial charge in [0.2, 0.25) is 0 Å². The Kier molecular flexibility index (Phi) is 3.16. The number of hydrazone groups is 1. The Balaban J connectivity index is 3.26. The predicted molar refractivity (Wildman–Crippen MR) is 48.0 cm³/mol. The molecule has 7 heteroatoms. The van der Waals surface area contributed by atoms with Gasteiger partial charge < -0.3 is 15.9 Å². The van der Waals surface area contributed by atoms with Crippen LogP contribution in [0.3, 0.4) is 0 Å². The summed E-state index contributed by atoms with van der Waals surface area (Å²) in [4.78, 5) is 0. The van der Waals surface area contributed by atoms with Crippen LogP contribution >= 0.6 is 0 Å². The molecule has 0 fully saturated rings. The number of nitrogens with zero attached hydrogens (tertiary/aromatic N) is 1. The third-order valence-electron chi connectivity index (χ3n) is 1.63. The molecule has 0 unspecified atom stereocenters. The first-order chi connectivity index (χ1) is 6.57. The summed E-state index contributed by atoms with van der Waals surface area (Å²) in [6.45, 7) is 0. The number of rotatable bonds is 2. The van der Waals surface area contributed by atoms with E-state index < -0.39 is 24.2 Å². The lowest BCUT2D eigenvalue weighted by Crippen LogP contribution is -2.33. The highest BCUT2D eigenvalue weighted by Gasteiger charge is 2.20. The van der Waals surface area contributed by atoms with Gasteiger partial charge in [0, 0.05) is 11.0 Å². The van der Waals surface area contributed by atoms with Crippen LogP contribution in [0.25, 0.3) is 0 Å². The SMILES string of the molecule is NN=Cc1ccc(B(O)O)c(F)c1F. The van der Waals surface area contributed by atoms with E-state index in [2.05, 4.69) is 5.10 Å². The number of nitrogens with two attached hydrogens (primary N) is 1. The second-order valence-corrected chi connectivity index (χ2v) is 2.52. The lowest BCUT2D eigenvalue weighted by atomic mass is 9.79. The first-order valence-corrected chi connectivity index (χ1v) is 3.65. The highest BCUT2D eigenvalue weighted by molar-refractivity contribution is 6.58. The zero-order chi connectivity index (χ0) is 10.7. The molecule has 0 saturated carbocycles. The quantitative estimate of drug-likeness (QED) is 0.246. The van der Waals surface area contributed by atoms with Crippen LogP contribution < -0.4 is 11.3 Å². The molecule has 1 aromatic rings. The van der Waals surface area contributed by atoms with Crippen molar-refractivity contribution in [3.8, 4) is 0 Å². The maximum atomic E-state index is 13.1. The van der Waals surface area contributed by atoms with E-state index in [4.69, 9.17) is 15.9 Å². The summed E-state index contributed by atoms with van der Waals surface area (Å²) in [6, 6.07) is 2.18. The van der Waals surface area contributed by atoms with Crippen LogP contribution in [0.1, 0.15) is 5.56 Å². The number of halogens is 2. The summed E-state index contributed by atoms with van der Waals surface area (Å²) >= 11 is 0. The average Bonchev–Trinajstić information content (AvgIpc) is 2.13. The Hall–Kier alpha value is -1.47. The molecule has 0 aliphatic rings. The van der Waals surface area contributed by atoms with Crippen LogP contribution in [-0.4, -0.2) is 23.4 Å². The second-order valence-electron chi connectivity index (χ2n) is 2.52. The Labute approximate surface area is 78.8 Å². The zero-order valence-corrected chi connectivity index (χ0v) is 6.98. The van der Waals surface area contributed by atoms with Crippen molar-refractivity contribution in [1.82, 2.24) is 0 Å². The molecule has 4 N–H and O–H groups in total. The van der Waals surface area contributed by atoms with E-state index in [9.17, 15) is 8.78 Å². The second kappa shape index (κ2) is 4.16. The van der Waals surface area contributed by atoms with E-state index in [1.54, 1.807) is 0 Å². The third-order valence-corrected chi connectivity index (χ3v) is 1.63. The Bertz CT molecular complexity index is 371. The maximum absolute atomic E-state index is 13.1. The van der Waals surface area contributed by atoms with Gasteiger partial charge in [-0.1, -0.05) is 12.1 Å². The summed E-state index contributed by atoms with van der Waals surface area (Å²) in [5.74, 6) is 2.22. The molecule has 0 atom stereocenters. The topological polar surface area (TPSA) is 78.8 Å². The molecule has 1 rings (SSSR count). The fourth-order valence-corrected chi connectivity index (χ4v) is 0.959. The van der Waals surface area contributed by atoms with Gasteiger partial charge in [-0.2, -0.15) is 5.10 Å². The lowest BCUT2D eigenvalue weighted by molar-refractivity contribution is 0.420. The summed E-state index contributed by atoms with van der Waals surface area (Å²) in [6.07, 6.45) is 0.923. The molecular weight excluding hydrogens is 193 g/mol. The minimum Gasteiger partial charge on any atom is -0.423 e. The van der Waals surface area contributed by atoms with Crippen LogP contribution in [0, 0.1) is 11.6 Å². The smallest absolute Gasteiger partial charge is 0.423 e. The molecule has 14 heavy (non-hydrogen) atoms. The molecule has 0 radical (unpaired) electrons. The van der Waals surface area contributed by atoms with Gasteiger partial charge in [0.1, 0.15) is 0 Å². The first kappa shape index (κ1) is 10.6. The molecule has 0 aromatic heterocycles. The zero-order valence-electron chi connectivity index (χ0n) is 6.98. The average molecular weight is 200 g/mol. The lowest BCUT2D eigenvalue weighted by Gasteiger charge is -2.03. The molecule has 0 spiro atoms. The molecule has 0 heterocycles. The maximum Gasteiger partial charge on any atom is 0.491 e. The number of benzene rings is 1. The Morgan fingerprint density at radius 1 is 1.29 bits per heavy atom. The van der Waals surface area contributed by atoms with Crippen molar-refractivity contribution in [3.63, 3.8) is 0 Å². The van der Waals surface area contributed by atoms with Gasteiger partial charge in [0.25, 0.3) is 0 Å². The molecular formula is C7H7BF2N2O2. The van der Waals surface area contributed by atoms with Gasteiger partial charge in [0.05, 0.1) is 6.21 Å². The highest BCUT2D eigenvalue weighted by atomic mass is 19.2. The van der Waals surface area contributed by atoms with Crippen LogP contribution in [0.15, 0.2) is 17.2 Å².